The summed E-state index contributed by atoms with van der Waals surface area (Å²) in [5.74, 6) is -0.458. The van der Waals surface area contributed by atoms with Crippen molar-refractivity contribution in [1.29, 1.82) is 0 Å². The summed E-state index contributed by atoms with van der Waals surface area (Å²) in [7, 11) is 0. The Labute approximate surface area is 119 Å². The Morgan fingerprint density at radius 1 is 1.35 bits per heavy atom. The van der Waals surface area contributed by atoms with E-state index >= 15 is 0 Å². The maximum absolute atomic E-state index is 12.9. The van der Waals surface area contributed by atoms with Crippen LogP contribution in [0.4, 0.5) is 4.39 Å². The average molecular weight is 296 g/mol. The summed E-state index contributed by atoms with van der Waals surface area (Å²) in [6, 6.07) is 5.91. The highest BCUT2D eigenvalue weighted by Gasteiger charge is 2.22. The summed E-state index contributed by atoms with van der Waals surface area (Å²) in [4.78, 5) is 0. The second kappa shape index (κ2) is 5.70. The molecule has 20 heavy (non-hydrogen) atoms. The average Bonchev–Trinajstić information content (AvgIpc) is 2.67. The van der Waals surface area contributed by atoms with E-state index in [2.05, 4.69) is 15.3 Å². The molecule has 2 aromatic rings. The third kappa shape index (κ3) is 2.94. The summed E-state index contributed by atoms with van der Waals surface area (Å²) < 4.78 is 14.5. The lowest BCUT2D eigenvalue weighted by Crippen LogP contribution is -2.33. The van der Waals surface area contributed by atoms with E-state index in [9.17, 15) is 4.39 Å². The zero-order valence-electron chi connectivity index (χ0n) is 10.6. The molecule has 104 valence electrons. The second-order valence-electron chi connectivity index (χ2n) is 4.02. The molecule has 0 aliphatic carbocycles. The number of rotatable bonds is 3. The maximum Gasteiger partial charge on any atom is 0.315 e. The number of aromatic nitrogens is 2. The molecule has 0 bridgehead atoms. The summed E-state index contributed by atoms with van der Waals surface area (Å²) in [6.07, 6.45) is 1.44. The van der Waals surface area contributed by atoms with Crippen LogP contribution in [0.2, 0.25) is 5.15 Å². The summed E-state index contributed by atoms with van der Waals surface area (Å²) in [5.41, 5.74) is 12.5. The van der Waals surface area contributed by atoms with E-state index in [1.54, 1.807) is 16.8 Å². The minimum atomic E-state index is -0.316. The van der Waals surface area contributed by atoms with Crippen molar-refractivity contribution in [2.45, 2.75) is 6.92 Å². The minimum absolute atomic E-state index is 0.142. The predicted molar refractivity (Wildman–Crippen MR) is 75.4 cm³/mol. The first kappa shape index (κ1) is 14.0. The Balaban J connectivity index is 2.41. The van der Waals surface area contributed by atoms with Crippen LogP contribution in [0.1, 0.15) is 11.3 Å². The molecule has 0 radical (unpaired) electrons. The molecule has 0 atom stereocenters. The number of aryl methyl sites for hydroxylation is 1. The van der Waals surface area contributed by atoms with Gasteiger partial charge in [-0.15, -0.1) is 5.10 Å². The van der Waals surface area contributed by atoms with Gasteiger partial charge >= 0.3 is 5.15 Å². The topological polar surface area (TPSA) is 96.4 Å². The van der Waals surface area contributed by atoms with Crippen molar-refractivity contribution in [3.05, 3.63) is 46.5 Å². The van der Waals surface area contributed by atoms with E-state index in [0.29, 0.717) is 16.4 Å². The van der Waals surface area contributed by atoms with Crippen LogP contribution in [0.25, 0.3) is 5.69 Å². The van der Waals surface area contributed by atoms with E-state index < -0.39 is 0 Å². The van der Waals surface area contributed by atoms with E-state index in [4.69, 9.17) is 23.1 Å². The largest absolute Gasteiger partial charge is 0.369 e. The van der Waals surface area contributed by atoms with Gasteiger partial charge in [0.25, 0.3) is 0 Å². The molecule has 2 rings (SSSR count). The smallest absolute Gasteiger partial charge is 0.315 e. The monoisotopic (exact) mass is 295 g/mol. The molecule has 1 aromatic heterocycles. The van der Waals surface area contributed by atoms with Crippen molar-refractivity contribution in [3.8, 4) is 5.69 Å². The van der Waals surface area contributed by atoms with Crippen LogP contribution in [0.15, 0.2) is 34.5 Å². The Morgan fingerprint density at radius 3 is 2.60 bits per heavy atom. The lowest BCUT2D eigenvalue weighted by molar-refractivity contribution is -0.653. The zero-order valence-corrected chi connectivity index (χ0v) is 11.4. The number of hydrogen-bond donors (Lipinski definition) is 3. The van der Waals surface area contributed by atoms with Gasteiger partial charge in [0.15, 0.2) is 0 Å². The highest BCUT2D eigenvalue weighted by molar-refractivity contribution is 6.31. The first-order valence-electron chi connectivity index (χ1n) is 5.67. The van der Waals surface area contributed by atoms with Crippen LogP contribution in [0, 0.1) is 12.7 Å². The molecular weight excluding hydrogens is 283 g/mol. The van der Waals surface area contributed by atoms with Gasteiger partial charge in [-0.05, 0) is 30.7 Å². The molecule has 0 saturated carbocycles. The van der Waals surface area contributed by atoms with Gasteiger partial charge in [-0.1, -0.05) is 4.68 Å². The standard InChI is InChI=1S/C12H12ClFN6/c1-7-10(6-17-18-12(15)16)11(13)20(19-7)9-4-2-8(14)3-5-9/h2-6H,1H3,(H4,15,16,18)/p+1/b17-6+. The van der Waals surface area contributed by atoms with Crippen LogP contribution in [-0.4, -0.2) is 17.3 Å². The van der Waals surface area contributed by atoms with Gasteiger partial charge in [-0.3, -0.25) is 0 Å². The third-order valence-electron chi connectivity index (χ3n) is 2.55. The van der Waals surface area contributed by atoms with E-state index in [1.165, 1.54) is 18.3 Å². The fourth-order valence-electron chi connectivity index (χ4n) is 1.62. The molecule has 1 aromatic carbocycles. The first-order valence-corrected chi connectivity index (χ1v) is 6.05. The number of aromatic amines is 1. The highest BCUT2D eigenvalue weighted by atomic mass is 35.5. The van der Waals surface area contributed by atoms with Crippen molar-refractivity contribution in [2.75, 3.05) is 0 Å². The van der Waals surface area contributed by atoms with Crippen LogP contribution >= 0.6 is 11.6 Å². The quantitative estimate of drug-likeness (QED) is 0.341. The number of halogens is 2. The van der Waals surface area contributed by atoms with E-state index in [1.807, 2.05) is 6.92 Å². The van der Waals surface area contributed by atoms with Gasteiger partial charge in [-0.2, -0.15) is 10.2 Å². The Kier molecular flexibility index (Phi) is 3.99. The van der Waals surface area contributed by atoms with Crippen molar-refractivity contribution in [2.24, 2.45) is 21.7 Å². The number of hydrogen-bond acceptors (Lipinski definition) is 2. The molecule has 1 heterocycles. The van der Waals surface area contributed by atoms with Crippen LogP contribution in [0.3, 0.4) is 0 Å². The van der Waals surface area contributed by atoms with Crippen molar-refractivity contribution in [1.82, 2.24) is 5.10 Å². The van der Waals surface area contributed by atoms with Crippen LogP contribution in [-0.2, 0) is 0 Å². The number of guanidine groups is 1. The Bertz CT molecular complexity index is 670. The molecule has 0 aliphatic rings. The van der Waals surface area contributed by atoms with E-state index in [0.717, 1.165) is 5.69 Å². The molecule has 0 unspecified atom stereocenters. The molecule has 0 fully saturated rings. The van der Waals surface area contributed by atoms with Gasteiger partial charge in [0.2, 0.25) is 11.6 Å². The Morgan fingerprint density at radius 2 is 2.00 bits per heavy atom. The minimum Gasteiger partial charge on any atom is -0.369 e. The van der Waals surface area contributed by atoms with Crippen LogP contribution < -0.4 is 16.1 Å². The summed E-state index contributed by atoms with van der Waals surface area (Å²) >= 11 is 6.25. The first-order chi connectivity index (χ1) is 9.49. The van der Waals surface area contributed by atoms with Crippen LogP contribution in [0.5, 0.6) is 0 Å². The lowest BCUT2D eigenvalue weighted by Gasteiger charge is -1.91. The molecule has 5 N–H and O–H groups in total. The third-order valence-corrected chi connectivity index (χ3v) is 2.92. The van der Waals surface area contributed by atoms with Crippen molar-refractivity contribution >= 4 is 23.8 Å². The molecule has 0 saturated heterocycles. The SMILES string of the molecule is Cc1[nH][n+](-c2ccc(F)cc2)c(Cl)c1/C=N/N=C(N)N. The van der Waals surface area contributed by atoms with Gasteiger partial charge in [0, 0.05) is 12.1 Å². The molecule has 6 nitrogen and oxygen atoms in total. The molecule has 0 aliphatic heterocycles. The highest BCUT2D eigenvalue weighted by Crippen LogP contribution is 2.15. The second-order valence-corrected chi connectivity index (χ2v) is 4.38. The van der Waals surface area contributed by atoms with E-state index in [-0.39, 0.29) is 11.8 Å². The number of nitrogens with zero attached hydrogens (tertiary/aromatic N) is 3. The van der Waals surface area contributed by atoms with Gasteiger partial charge in [0.05, 0.1) is 11.9 Å². The van der Waals surface area contributed by atoms with Gasteiger partial charge in [0.1, 0.15) is 11.4 Å². The number of H-pyrrole nitrogens is 1. The number of nitrogens with two attached hydrogens (primary N) is 2. The predicted octanol–water partition coefficient (Wildman–Crippen LogP) is 1.000. The fraction of sp³-hybridized carbons (Fsp3) is 0.0833. The Hall–Kier alpha value is -2.41. The molecular formula is C12H13ClFN6+. The summed E-state index contributed by atoms with van der Waals surface area (Å²) in [6.45, 7) is 1.82. The van der Waals surface area contributed by atoms with Crippen molar-refractivity contribution in [3.63, 3.8) is 0 Å². The van der Waals surface area contributed by atoms with Gasteiger partial charge in [-0.25, -0.2) is 4.39 Å². The lowest BCUT2D eigenvalue weighted by atomic mass is 10.3. The zero-order chi connectivity index (χ0) is 14.7. The molecule has 0 spiro atoms. The fourth-order valence-corrected chi connectivity index (χ4v) is 1.95. The molecule has 0 amide bonds. The maximum atomic E-state index is 12.9. The van der Waals surface area contributed by atoms with Crippen molar-refractivity contribution < 1.29 is 9.07 Å². The number of nitrogens with one attached hydrogen (secondary N) is 1. The number of benzene rings is 1. The summed E-state index contributed by atoms with van der Waals surface area (Å²) in [5, 5.41) is 10.7. The molecule has 8 heteroatoms. The normalized spacial score (nSPS) is 10.9. The van der Waals surface area contributed by atoms with Gasteiger partial charge < -0.3 is 11.5 Å².